The van der Waals surface area contributed by atoms with Gasteiger partial charge in [-0.2, -0.15) is 0 Å². The van der Waals surface area contributed by atoms with Gasteiger partial charge in [-0.05, 0) is 75.8 Å². The standard InChI is InChI=1S/C28H29N5O4S/c1-28(2,3)37-27(34)32-15-12-19(13-16-32)17-22-24-21-11-8-14-30-26(21)33(23(24)18-31-25(22)29-4)38(35,36)20-9-6-5-7-10-20/h5-11,14,18-19H,12-13,15-17H2,1-3H3. The molecule has 10 heteroatoms. The van der Waals surface area contributed by atoms with Gasteiger partial charge < -0.3 is 14.5 Å². The summed E-state index contributed by atoms with van der Waals surface area (Å²) in [7, 11) is -3.97. The maximum absolute atomic E-state index is 13.8. The fourth-order valence-corrected chi connectivity index (χ4v) is 6.50. The van der Waals surface area contributed by atoms with Crippen molar-refractivity contribution in [3.63, 3.8) is 0 Å². The zero-order valence-corrected chi connectivity index (χ0v) is 22.4. The number of aromatic nitrogens is 3. The molecule has 0 aliphatic carbocycles. The number of piperidine rings is 1. The second-order valence-corrected chi connectivity index (χ2v) is 12.3. The minimum atomic E-state index is -3.97. The van der Waals surface area contributed by atoms with Crippen LogP contribution in [-0.2, 0) is 21.2 Å². The van der Waals surface area contributed by atoms with E-state index >= 15 is 0 Å². The normalized spacial score (nSPS) is 15.1. The molecule has 0 radical (unpaired) electrons. The first-order valence-corrected chi connectivity index (χ1v) is 14.0. The van der Waals surface area contributed by atoms with Crippen molar-refractivity contribution in [1.82, 2.24) is 18.8 Å². The molecule has 1 aliphatic heterocycles. The molecular formula is C28H29N5O4S. The molecule has 0 saturated carbocycles. The van der Waals surface area contributed by atoms with E-state index in [2.05, 4.69) is 14.8 Å². The number of benzene rings is 1. The summed E-state index contributed by atoms with van der Waals surface area (Å²) in [6.07, 6.45) is 4.73. The number of amides is 1. The zero-order chi connectivity index (χ0) is 27.1. The lowest BCUT2D eigenvalue weighted by atomic mass is 9.89. The van der Waals surface area contributed by atoms with Gasteiger partial charge in [-0.25, -0.2) is 22.2 Å². The molecule has 9 nitrogen and oxygen atoms in total. The van der Waals surface area contributed by atoms with E-state index in [0.717, 1.165) is 12.8 Å². The van der Waals surface area contributed by atoms with Gasteiger partial charge in [0, 0.05) is 30.1 Å². The number of hydrogen-bond donors (Lipinski definition) is 0. The molecule has 196 valence electrons. The van der Waals surface area contributed by atoms with Gasteiger partial charge in [-0.15, -0.1) is 4.98 Å². The Morgan fingerprint density at radius 1 is 1.11 bits per heavy atom. The molecule has 0 unspecified atom stereocenters. The molecule has 1 aromatic carbocycles. The lowest BCUT2D eigenvalue weighted by Crippen LogP contribution is -2.42. The summed E-state index contributed by atoms with van der Waals surface area (Å²) in [5.41, 5.74) is 0.864. The molecule has 38 heavy (non-hydrogen) atoms. The number of carbonyl (C=O) groups is 1. The Balaban J connectivity index is 1.55. The van der Waals surface area contributed by atoms with E-state index in [4.69, 9.17) is 11.3 Å². The van der Waals surface area contributed by atoms with Gasteiger partial charge in [-0.1, -0.05) is 24.8 Å². The maximum Gasteiger partial charge on any atom is 0.410 e. The molecule has 5 rings (SSSR count). The van der Waals surface area contributed by atoms with Crippen molar-refractivity contribution in [2.75, 3.05) is 13.1 Å². The predicted molar refractivity (Wildman–Crippen MR) is 145 cm³/mol. The van der Waals surface area contributed by atoms with E-state index in [0.29, 0.717) is 47.0 Å². The number of carbonyl (C=O) groups excluding carboxylic acids is 1. The highest BCUT2D eigenvalue weighted by Gasteiger charge is 2.30. The van der Waals surface area contributed by atoms with Crippen LogP contribution < -0.4 is 0 Å². The van der Waals surface area contributed by atoms with Crippen LogP contribution in [0, 0.1) is 12.5 Å². The van der Waals surface area contributed by atoms with E-state index in [9.17, 15) is 13.2 Å². The van der Waals surface area contributed by atoms with Crippen LogP contribution in [0.1, 0.15) is 39.2 Å². The topological polar surface area (TPSA) is 98.8 Å². The van der Waals surface area contributed by atoms with Crippen LogP contribution in [0.2, 0.25) is 0 Å². The highest BCUT2D eigenvalue weighted by Crippen LogP contribution is 2.38. The summed E-state index contributed by atoms with van der Waals surface area (Å²) in [6, 6.07) is 11.8. The van der Waals surface area contributed by atoms with Crippen LogP contribution in [0.5, 0.6) is 0 Å². The largest absolute Gasteiger partial charge is 0.444 e. The number of ether oxygens (including phenoxy) is 1. The van der Waals surface area contributed by atoms with Gasteiger partial charge in [0.15, 0.2) is 5.65 Å². The van der Waals surface area contributed by atoms with Gasteiger partial charge in [0.05, 0.1) is 4.90 Å². The summed E-state index contributed by atoms with van der Waals surface area (Å²) >= 11 is 0. The fraction of sp³-hybridized carbons (Fsp3) is 0.357. The SMILES string of the molecule is [C-]#[N+]c1ncc2c(c1CC1CCN(C(=O)OC(C)(C)C)CC1)c1cccnc1n2S(=O)(=O)c1ccccc1. The maximum atomic E-state index is 13.8. The second kappa shape index (κ2) is 9.72. The third-order valence-corrected chi connectivity index (χ3v) is 8.47. The molecule has 4 aromatic rings. The zero-order valence-electron chi connectivity index (χ0n) is 21.6. The first-order valence-electron chi connectivity index (χ1n) is 12.5. The highest BCUT2D eigenvalue weighted by atomic mass is 32.2. The van der Waals surface area contributed by atoms with Crippen molar-refractivity contribution in [3.05, 3.63) is 71.8 Å². The van der Waals surface area contributed by atoms with Crippen LogP contribution in [-0.4, -0.2) is 52.0 Å². The first-order chi connectivity index (χ1) is 18.1. The van der Waals surface area contributed by atoms with Crippen molar-refractivity contribution in [1.29, 1.82) is 0 Å². The minimum Gasteiger partial charge on any atom is -0.444 e. The molecule has 3 aromatic heterocycles. The van der Waals surface area contributed by atoms with Crippen molar-refractivity contribution in [2.45, 2.75) is 50.5 Å². The Morgan fingerprint density at radius 2 is 1.82 bits per heavy atom. The molecule has 1 amide bonds. The lowest BCUT2D eigenvalue weighted by Gasteiger charge is -2.33. The molecule has 1 fully saturated rings. The average molecular weight is 532 g/mol. The molecule has 0 spiro atoms. The van der Waals surface area contributed by atoms with Gasteiger partial charge in [0.2, 0.25) is 0 Å². The van der Waals surface area contributed by atoms with Crippen molar-refractivity contribution in [3.8, 4) is 0 Å². The Hall–Kier alpha value is -3.97. The summed E-state index contributed by atoms with van der Waals surface area (Å²) in [6.45, 7) is 14.4. The number of fused-ring (bicyclic) bond motifs is 3. The minimum absolute atomic E-state index is 0.148. The third kappa shape index (κ3) is 4.70. The Morgan fingerprint density at radius 3 is 2.47 bits per heavy atom. The van der Waals surface area contributed by atoms with Crippen LogP contribution in [0.25, 0.3) is 26.8 Å². The Labute approximate surface area is 221 Å². The van der Waals surface area contributed by atoms with Crippen LogP contribution in [0.3, 0.4) is 0 Å². The van der Waals surface area contributed by atoms with Crippen molar-refractivity contribution in [2.24, 2.45) is 5.92 Å². The number of pyridine rings is 2. The summed E-state index contributed by atoms with van der Waals surface area (Å²) in [5.74, 6) is 0.453. The quantitative estimate of drug-likeness (QED) is 0.320. The molecule has 0 atom stereocenters. The molecule has 4 heterocycles. The number of rotatable bonds is 4. The molecule has 1 aliphatic rings. The van der Waals surface area contributed by atoms with Gasteiger partial charge in [0.1, 0.15) is 17.3 Å². The second-order valence-electron chi connectivity index (χ2n) is 10.5. The van der Waals surface area contributed by atoms with E-state index < -0.39 is 15.6 Å². The smallest absolute Gasteiger partial charge is 0.410 e. The Kier molecular flexibility index (Phi) is 6.57. The lowest BCUT2D eigenvalue weighted by molar-refractivity contribution is 0.0184. The first kappa shape index (κ1) is 25.7. The van der Waals surface area contributed by atoms with Crippen molar-refractivity contribution < 1.29 is 17.9 Å². The number of likely N-dealkylation sites (tertiary alicyclic amines) is 1. The fourth-order valence-electron chi connectivity index (χ4n) is 5.02. The van der Waals surface area contributed by atoms with Gasteiger partial charge in [-0.3, -0.25) is 0 Å². The monoisotopic (exact) mass is 531 g/mol. The molecule has 0 bridgehead atoms. The highest BCUT2D eigenvalue weighted by molar-refractivity contribution is 7.90. The molecule has 1 saturated heterocycles. The van der Waals surface area contributed by atoms with Crippen LogP contribution in [0.15, 0.2) is 59.8 Å². The molecule has 0 N–H and O–H groups in total. The predicted octanol–water partition coefficient (Wildman–Crippen LogP) is 5.56. The van der Waals surface area contributed by atoms with E-state index in [1.807, 2.05) is 26.8 Å². The van der Waals surface area contributed by atoms with Gasteiger partial charge in [0.25, 0.3) is 15.8 Å². The average Bonchev–Trinajstić information content (AvgIpc) is 3.24. The third-order valence-electron chi connectivity index (χ3n) is 6.75. The van der Waals surface area contributed by atoms with Crippen molar-refractivity contribution >= 4 is 43.9 Å². The van der Waals surface area contributed by atoms with E-state index in [1.165, 1.54) is 10.2 Å². The van der Waals surface area contributed by atoms with Gasteiger partial charge >= 0.3 is 6.09 Å². The summed E-state index contributed by atoms with van der Waals surface area (Å²) in [4.78, 5) is 26.9. The summed E-state index contributed by atoms with van der Waals surface area (Å²) in [5, 5.41) is 1.35. The van der Waals surface area contributed by atoms with Crippen LogP contribution >= 0.6 is 0 Å². The number of hydrogen-bond acceptors (Lipinski definition) is 6. The van der Waals surface area contributed by atoms with E-state index in [-0.39, 0.29) is 22.7 Å². The number of nitrogens with zero attached hydrogens (tertiary/aromatic N) is 5. The molecular weight excluding hydrogens is 502 g/mol. The Bertz CT molecular complexity index is 1660. The van der Waals surface area contributed by atoms with Crippen LogP contribution in [0.4, 0.5) is 10.6 Å². The summed E-state index contributed by atoms with van der Waals surface area (Å²) < 4.78 is 34.3. The van der Waals surface area contributed by atoms with E-state index in [1.54, 1.807) is 47.5 Å².